The van der Waals surface area contributed by atoms with Crippen LogP contribution in [-0.2, 0) is 0 Å². The fourth-order valence-electron chi connectivity index (χ4n) is 1.95. The van der Waals surface area contributed by atoms with Gasteiger partial charge in [0.15, 0.2) is 0 Å². The Hall–Kier alpha value is -2.18. The number of hydrogen-bond acceptors (Lipinski definition) is 2. The molecule has 0 fully saturated rings. The Bertz CT molecular complexity index is 684. The molecule has 0 saturated carbocycles. The molecule has 0 radical (unpaired) electrons. The first-order valence-electron chi connectivity index (χ1n) is 5.17. The average molecular weight is 254 g/mol. The number of alkyl halides is 3. The summed E-state index contributed by atoms with van der Waals surface area (Å²) in [4.78, 5) is 18.0. The van der Waals surface area contributed by atoms with Gasteiger partial charge >= 0.3 is 12.1 Å². The van der Waals surface area contributed by atoms with Crippen molar-refractivity contribution in [1.29, 1.82) is 0 Å². The second-order valence-electron chi connectivity index (χ2n) is 3.93. The summed E-state index contributed by atoms with van der Waals surface area (Å²) in [7, 11) is 0. The summed E-state index contributed by atoms with van der Waals surface area (Å²) in [6, 6.07) is 6.77. The molecule has 0 amide bonds. The second-order valence-corrected chi connectivity index (χ2v) is 3.93. The highest BCUT2D eigenvalue weighted by Crippen LogP contribution is 2.28. The fraction of sp³-hybridized carbons (Fsp3) is 0.182. The zero-order valence-electron chi connectivity index (χ0n) is 8.95. The number of nitrogens with zero attached hydrogens (tertiary/aromatic N) is 2. The van der Waals surface area contributed by atoms with Crippen molar-refractivity contribution in [3.8, 4) is 0 Å². The van der Waals surface area contributed by atoms with Gasteiger partial charge in [0.2, 0.25) is 5.71 Å². The van der Waals surface area contributed by atoms with Crippen LogP contribution in [-0.4, -0.2) is 22.4 Å². The highest BCUT2D eigenvalue weighted by atomic mass is 19.4. The number of carbonyl (C=O) groups is 1. The maximum absolute atomic E-state index is 12.6. The number of fused-ring (bicyclic) bond motifs is 3. The average Bonchev–Trinajstić information content (AvgIpc) is 2.66. The topological polar surface area (TPSA) is 48.5 Å². The molecule has 18 heavy (non-hydrogen) atoms. The summed E-state index contributed by atoms with van der Waals surface area (Å²) in [5.74, 6) is -0.718. The summed E-state index contributed by atoms with van der Waals surface area (Å²) in [6.45, 7) is 0. The van der Waals surface area contributed by atoms with Gasteiger partial charge in [0.1, 0.15) is 17.5 Å². The number of aromatic nitrogens is 2. The van der Waals surface area contributed by atoms with E-state index in [-0.39, 0.29) is 5.95 Å². The third-order valence-corrected chi connectivity index (χ3v) is 2.74. The molecule has 3 rings (SSSR count). The number of halogens is 3. The number of imidazole rings is 1. The first kappa shape index (κ1) is 10.9. The molecule has 0 bridgehead atoms. The second kappa shape index (κ2) is 3.41. The van der Waals surface area contributed by atoms with Crippen LogP contribution in [0.5, 0.6) is 0 Å². The molecule has 1 N–H and O–H groups in total. The molecule has 2 aromatic rings. The molecule has 1 aromatic heterocycles. The monoisotopic (exact) mass is 254 g/mol. The van der Waals surface area contributed by atoms with E-state index < -0.39 is 24.2 Å². The Morgan fingerprint density at radius 1 is 1.28 bits per heavy atom. The Morgan fingerprint density at radius 2 is 2.00 bits per heavy atom. The van der Waals surface area contributed by atoms with E-state index in [4.69, 9.17) is 0 Å². The van der Waals surface area contributed by atoms with Crippen LogP contribution in [0.15, 0.2) is 29.3 Å². The lowest BCUT2D eigenvalue weighted by Gasteiger charge is -2.09. The van der Waals surface area contributed by atoms with E-state index in [0.29, 0.717) is 11.0 Å². The Labute approximate surface area is 98.8 Å². The first-order valence-corrected chi connectivity index (χ1v) is 5.17. The van der Waals surface area contributed by atoms with Gasteiger partial charge in [-0.05, 0) is 12.1 Å². The maximum Gasteiger partial charge on any atom is 0.445 e. The maximum atomic E-state index is 12.6. The third-order valence-electron chi connectivity index (χ3n) is 2.74. The number of hydrogen-bond donors (Lipinski definition) is 0. The van der Waals surface area contributed by atoms with Crippen molar-refractivity contribution in [3.05, 3.63) is 24.3 Å². The molecule has 4 nitrogen and oxygen atoms in total. The largest absolute Gasteiger partial charge is 0.445 e. The van der Waals surface area contributed by atoms with Gasteiger partial charge in [0, 0.05) is 0 Å². The van der Waals surface area contributed by atoms with E-state index in [9.17, 15) is 18.0 Å². The molecule has 2 heterocycles. The number of benzene rings is 1. The molecule has 0 spiro atoms. The van der Waals surface area contributed by atoms with Crippen molar-refractivity contribution >= 4 is 28.6 Å². The lowest BCUT2D eigenvalue weighted by atomic mass is 10.2. The molecule has 7 heteroatoms. The number of H-pyrrole nitrogens is 1. The highest BCUT2D eigenvalue weighted by molar-refractivity contribution is 6.10. The van der Waals surface area contributed by atoms with Crippen LogP contribution in [0.25, 0.3) is 11.0 Å². The summed E-state index contributed by atoms with van der Waals surface area (Å²) in [6.07, 6.45) is -5.31. The van der Waals surface area contributed by atoms with E-state index in [0.717, 1.165) is 0 Å². The van der Waals surface area contributed by atoms with E-state index in [1.807, 2.05) is 0 Å². The quantitative estimate of drug-likeness (QED) is 0.710. The lowest BCUT2D eigenvalue weighted by Crippen LogP contribution is -2.31. The van der Waals surface area contributed by atoms with Crippen molar-refractivity contribution in [1.82, 2.24) is 4.57 Å². The summed E-state index contributed by atoms with van der Waals surface area (Å²) in [5, 5.41) is 0. The molecule has 1 aliphatic heterocycles. The first-order chi connectivity index (χ1) is 8.47. The summed E-state index contributed by atoms with van der Waals surface area (Å²) >= 11 is 0. The minimum absolute atomic E-state index is 0.0835. The van der Waals surface area contributed by atoms with Gasteiger partial charge in [-0.1, -0.05) is 17.1 Å². The van der Waals surface area contributed by atoms with Crippen LogP contribution < -0.4 is 4.98 Å². The van der Waals surface area contributed by atoms with Gasteiger partial charge < -0.3 is 0 Å². The summed E-state index contributed by atoms with van der Waals surface area (Å²) < 4.78 is 38.8. The van der Waals surface area contributed by atoms with Gasteiger partial charge in [-0.3, -0.25) is 4.79 Å². The van der Waals surface area contributed by atoms with Crippen molar-refractivity contribution in [2.75, 3.05) is 0 Å². The van der Waals surface area contributed by atoms with E-state index in [1.165, 1.54) is 4.57 Å². The highest BCUT2D eigenvalue weighted by Gasteiger charge is 2.45. The van der Waals surface area contributed by atoms with Crippen LogP contribution in [0, 0.1) is 0 Å². The predicted octanol–water partition coefficient (Wildman–Crippen LogP) is 2.13. The third kappa shape index (κ3) is 1.51. The Morgan fingerprint density at radius 3 is 2.72 bits per heavy atom. The number of aromatic amines is 1. The Balaban J connectivity index is 2.27. The minimum atomic E-state index is -4.58. The number of carbonyl (C=O) groups excluding carboxylic acids is 1. The number of nitrogens with one attached hydrogen (secondary N) is 1. The smallest absolute Gasteiger partial charge is 0.255 e. The molecule has 0 atom stereocenters. The SMILES string of the molecule is O=C1CC(C(F)(F)F)=Nc2[nH+]c3ccccc3n21. The van der Waals surface area contributed by atoms with E-state index >= 15 is 0 Å². The molecular formula is C11H7F3N3O+. The normalized spacial score (nSPS) is 15.7. The number of aliphatic imine (C=N–C) groups is 1. The standard InChI is InChI=1S/C11H6F3N3O/c12-11(13,14)8-5-9(18)17-7-4-2-1-3-6(7)15-10(17)16-8/h1-4H,5H2/p+1. The molecule has 92 valence electrons. The zero-order chi connectivity index (χ0) is 12.9. The van der Waals surface area contributed by atoms with Crippen LogP contribution in [0.1, 0.15) is 11.2 Å². The van der Waals surface area contributed by atoms with Crippen molar-refractivity contribution in [2.24, 2.45) is 4.99 Å². The van der Waals surface area contributed by atoms with E-state index in [1.54, 1.807) is 24.3 Å². The minimum Gasteiger partial charge on any atom is -0.255 e. The van der Waals surface area contributed by atoms with Crippen LogP contribution in [0.4, 0.5) is 19.1 Å². The van der Waals surface area contributed by atoms with Crippen molar-refractivity contribution in [3.63, 3.8) is 0 Å². The van der Waals surface area contributed by atoms with Crippen LogP contribution in [0.2, 0.25) is 0 Å². The summed E-state index contributed by atoms with van der Waals surface area (Å²) in [5.41, 5.74) is 0.0366. The molecule has 1 aliphatic rings. The molecule has 0 aliphatic carbocycles. The number of para-hydroxylation sites is 2. The van der Waals surface area contributed by atoms with Crippen molar-refractivity contribution in [2.45, 2.75) is 12.6 Å². The molecule has 1 aromatic carbocycles. The van der Waals surface area contributed by atoms with Gasteiger partial charge in [-0.25, -0.2) is 4.98 Å². The van der Waals surface area contributed by atoms with Crippen LogP contribution >= 0.6 is 0 Å². The van der Waals surface area contributed by atoms with Gasteiger partial charge in [0.25, 0.3) is 5.91 Å². The van der Waals surface area contributed by atoms with Crippen LogP contribution in [0.3, 0.4) is 0 Å². The lowest BCUT2D eigenvalue weighted by molar-refractivity contribution is -0.329. The van der Waals surface area contributed by atoms with Gasteiger partial charge in [-0.15, -0.1) is 0 Å². The fourth-order valence-corrected chi connectivity index (χ4v) is 1.95. The van der Waals surface area contributed by atoms with Gasteiger partial charge in [-0.2, -0.15) is 17.7 Å². The van der Waals surface area contributed by atoms with Crippen molar-refractivity contribution < 1.29 is 22.9 Å². The van der Waals surface area contributed by atoms with E-state index in [2.05, 4.69) is 9.98 Å². The van der Waals surface area contributed by atoms with Gasteiger partial charge in [0.05, 0.1) is 0 Å². The molecular weight excluding hydrogens is 247 g/mol. The molecule has 0 unspecified atom stereocenters. The molecule has 0 saturated heterocycles. The predicted molar refractivity (Wildman–Crippen MR) is 56.9 cm³/mol. The Kier molecular flexibility index (Phi) is 2.07. The zero-order valence-corrected chi connectivity index (χ0v) is 8.95. The number of rotatable bonds is 0.